The van der Waals surface area contributed by atoms with E-state index >= 15 is 0 Å². The van der Waals surface area contributed by atoms with Gasteiger partial charge < -0.3 is 21.1 Å². The van der Waals surface area contributed by atoms with Gasteiger partial charge in [-0.3, -0.25) is 19.8 Å². The van der Waals surface area contributed by atoms with Crippen molar-refractivity contribution in [1.29, 1.82) is 0 Å². The molecule has 0 bridgehead atoms. The summed E-state index contributed by atoms with van der Waals surface area (Å²) in [5.41, 5.74) is 5.47. The maximum Gasteiger partial charge on any atom is 0.573 e. The number of rotatable bonds is 10. The molecule has 4 N–H and O–H groups in total. The van der Waals surface area contributed by atoms with Crippen LogP contribution in [-0.2, 0) is 11.3 Å². The highest BCUT2D eigenvalue weighted by Gasteiger charge is 2.36. The van der Waals surface area contributed by atoms with Gasteiger partial charge in [0.25, 0.3) is 0 Å². The number of para-hydroxylation sites is 1. The molecule has 2 fully saturated rings. The molecule has 0 unspecified atom stereocenters. The van der Waals surface area contributed by atoms with Crippen molar-refractivity contribution >= 4 is 23.4 Å². The van der Waals surface area contributed by atoms with Gasteiger partial charge in [-0.2, -0.15) is 4.98 Å². The monoisotopic (exact) mass is 537 g/mol. The smallest absolute Gasteiger partial charge is 0.405 e. The number of benzene rings is 1. The van der Waals surface area contributed by atoms with Crippen LogP contribution in [-0.4, -0.2) is 57.2 Å². The van der Waals surface area contributed by atoms with Crippen LogP contribution in [0, 0.1) is 16.0 Å². The number of primary amides is 1. The van der Waals surface area contributed by atoms with E-state index in [1.54, 1.807) is 6.07 Å². The summed E-state index contributed by atoms with van der Waals surface area (Å²) in [5, 5.41) is 17.4. The van der Waals surface area contributed by atoms with E-state index in [0.717, 1.165) is 51.3 Å². The lowest BCUT2D eigenvalue weighted by Gasteiger charge is -2.37. The molecule has 4 rings (SSSR count). The normalized spacial score (nSPS) is 22.1. The van der Waals surface area contributed by atoms with Crippen molar-refractivity contribution < 1.29 is 27.6 Å². The lowest BCUT2D eigenvalue weighted by Crippen LogP contribution is -2.47. The van der Waals surface area contributed by atoms with Gasteiger partial charge in [0.2, 0.25) is 17.7 Å². The zero-order valence-corrected chi connectivity index (χ0v) is 20.6. The predicted octanol–water partition coefficient (Wildman–Crippen LogP) is 3.82. The van der Waals surface area contributed by atoms with Crippen LogP contribution in [0.5, 0.6) is 5.75 Å². The first kappa shape index (κ1) is 27.4. The minimum atomic E-state index is -4.84. The number of ether oxygens (including phenoxy) is 1. The Bertz CT molecular complexity index is 1140. The molecular weight excluding hydrogens is 507 g/mol. The average molecular weight is 538 g/mol. The summed E-state index contributed by atoms with van der Waals surface area (Å²) < 4.78 is 42.1. The molecule has 1 saturated carbocycles. The van der Waals surface area contributed by atoms with Crippen LogP contribution in [0.1, 0.15) is 44.1 Å². The Morgan fingerprint density at radius 2 is 1.92 bits per heavy atom. The molecule has 1 saturated heterocycles. The van der Waals surface area contributed by atoms with Gasteiger partial charge in [0, 0.05) is 24.7 Å². The molecule has 1 aliphatic heterocycles. The van der Waals surface area contributed by atoms with Gasteiger partial charge in [-0.1, -0.05) is 18.2 Å². The summed E-state index contributed by atoms with van der Waals surface area (Å²) in [7, 11) is 0. The standard InChI is InChI=1S/C24H30F3N7O4/c25-24(26,27)38-20-6-2-1-4-16(20)13-30-23-31-14-19(34(36)37)22(32-23)29-12-15-7-9-17(10-8-15)33-11-3-5-18(33)21(28)35/h1-2,4,6,14-15,17-18H,3,5,7-13H2,(H2,28,35)(H2,29,30,31,32)/t15?,17?,18-/m0/s1. The molecular formula is C24H30F3N7O4. The van der Waals surface area contributed by atoms with Crippen molar-refractivity contribution in [3.8, 4) is 5.75 Å². The van der Waals surface area contributed by atoms with E-state index in [1.165, 1.54) is 18.2 Å². The number of nitrogens with zero attached hydrogens (tertiary/aromatic N) is 4. The molecule has 1 amide bonds. The van der Waals surface area contributed by atoms with Gasteiger partial charge >= 0.3 is 12.0 Å². The minimum absolute atomic E-state index is 0.0233. The van der Waals surface area contributed by atoms with Crippen LogP contribution in [0.15, 0.2) is 30.5 Å². The van der Waals surface area contributed by atoms with Crippen molar-refractivity contribution in [2.45, 2.75) is 63.5 Å². The molecule has 2 aromatic rings. The number of nitro groups is 1. The van der Waals surface area contributed by atoms with E-state index in [-0.39, 0.29) is 53.2 Å². The van der Waals surface area contributed by atoms with Crippen LogP contribution in [0.2, 0.25) is 0 Å². The summed E-state index contributed by atoms with van der Waals surface area (Å²) in [4.78, 5) is 33.0. The van der Waals surface area contributed by atoms with Crippen molar-refractivity contribution in [3.05, 3.63) is 46.1 Å². The lowest BCUT2D eigenvalue weighted by molar-refractivity contribution is -0.384. The van der Waals surface area contributed by atoms with E-state index in [0.29, 0.717) is 12.6 Å². The molecule has 1 aromatic carbocycles. The van der Waals surface area contributed by atoms with Gasteiger partial charge in [-0.05, 0) is 57.1 Å². The SMILES string of the molecule is NC(=O)[C@@H]1CCCN1C1CCC(CNc2nc(NCc3ccccc3OC(F)(F)F)ncc2[N+](=O)[O-])CC1. The first-order valence-electron chi connectivity index (χ1n) is 12.5. The fourth-order valence-corrected chi connectivity index (χ4v) is 5.23. The van der Waals surface area contributed by atoms with E-state index in [4.69, 9.17) is 5.73 Å². The third kappa shape index (κ3) is 7.00. The number of likely N-dealkylation sites (tertiary alicyclic amines) is 1. The second-order valence-electron chi connectivity index (χ2n) is 9.55. The van der Waals surface area contributed by atoms with Crippen LogP contribution in [0.25, 0.3) is 0 Å². The predicted molar refractivity (Wildman–Crippen MR) is 132 cm³/mol. The molecule has 14 heteroatoms. The quantitative estimate of drug-likeness (QED) is 0.304. The number of amides is 1. The Hall–Kier alpha value is -3.68. The summed E-state index contributed by atoms with van der Waals surface area (Å²) in [6.07, 6.45) is 1.58. The number of anilines is 2. The fraction of sp³-hybridized carbons (Fsp3) is 0.542. The van der Waals surface area contributed by atoms with E-state index in [1.807, 2.05) is 0 Å². The summed E-state index contributed by atoms with van der Waals surface area (Å²) in [6.45, 7) is 1.25. The Balaban J connectivity index is 1.35. The summed E-state index contributed by atoms with van der Waals surface area (Å²) in [6, 6.07) is 5.75. The van der Waals surface area contributed by atoms with E-state index in [9.17, 15) is 28.1 Å². The zero-order chi connectivity index (χ0) is 27.3. The van der Waals surface area contributed by atoms with Crippen molar-refractivity contribution in [3.63, 3.8) is 0 Å². The van der Waals surface area contributed by atoms with Gasteiger partial charge in [-0.25, -0.2) is 4.98 Å². The maximum absolute atomic E-state index is 12.7. The largest absolute Gasteiger partial charge is 0.573 e. The van der Waals surface area contributed by atoms with Gasteiger partial charge in [0.15, 0.2) is 0 Å². The first-order valence-corrected chi connectivity index (χ1v) is 12.5. The van der Waals surface area contributed by atoms with Gasteiger partial charge in [0.1, 0.15) is 11.9 Å². The Labute approximate surface area is 217 Å². The number of carbonyl (C=O) groups excluding carboxylic acids is 1. The molecule has 206 valence electrons. The maximum atomic E-state index is 12.7. The van der Waals surface area contributed by atoms with Crippen LogP contribution >= 0.6 is 0 Å². The van der Waals surface area contributed by atoms with Crippen molar-refractivity contribution in [2.75, 3.05) is 23.7 Å². The molecule has 0 spiro atoms. The second-order valence-corrected chi connectivity index (χ2v) is 9.55. The Kier molecular flexibility index (Phi) is 8.49. The highest BCUT2D eigenvalue weighted by atomic mass is 19.4. The highest BCUT2D eigenvalue weighted by Crippen LogP contribution is 2.33. The molecule has 11 nitrogen and oxygen atoms in total. The van der Waals surface area contributed by atoms with Crippen molar-refractivity contribution in [1.82, 2.24) is 14.9 Å². The molecule has 38 heavy (non-hydrogen) atoms. The number of nitrogens with two attached hydrogens (primary N) is 1. The van der Waals surface area contributed by atoms with Crippen LogP contribution < -0.4 is 21.1 Å². The van der Waals surface area contributed by atoms with Crippen LogP contribution in [0.4, 0.5) is 30.6 Å². The Morgan fingerprint density at radius 3 is 2.61 bits per heavy atom. The molecule has 0 radical (unpaired) electrons. The molecule has 1 atom stereocenters. The third-order valence-electron chi connectivity index (χ3n) is 7.07. The van der Waals surface area contributed by atoms with Crippen molar-refractivity contribution in [2.24, 2.45) is 11.7 Å². The van der Waals surface area contributed by atoms with E-state index < -0.39 is 11.3 Å². The number of halogens is 3. The highest BCUT2D eigenvalue weighted by molar-refractivity contribution is 5.80. The second kappa shape index (κ2) is 11.8. The molecule has 1 aromatic heterocycles. The van der Waals surface area contributed by atoms with Crippen LogP contribution in [0.3, 0.4) is 0 Å². The topological polar surface area (TPSA) is 149 Å². The molecule has 2 aliphatic rings. The van der Waals surface area contributed by atoms with Gasteiger partial charge in [0.05, 0.1) is 11.0 Å². The number of alkyl halides is 3. The third-order valence-corrected chi connectivity index (χ3v) is 7.07. The minimum Gasteiger partial charge on any atom is -0.405 e. The molecule has 2 heterocycles. The number of hydrogen-bond donors (Lipinski definition) is 3. The zero-order valence-electron chi connectivity index (χ0n) is 20.6. The number of carbonyl (C=O) groups is 1. The number of nitrogens with one attached hydrogen (secondary N) is 2. The summed E-state index contributed by atoms with van der Waals surface area (Å²) >= 11 is 0. The fourth-order valence-electron chi connectivity index (χ4n) is 5.23. The summed E-state index contributed by atoms with van der Waals surface area (Å²) in [5.74, 6) is -0.321. The molecule has 1 aliphatic carbocycles. The number of hydrogen-bond acceptors (Lipinski definition) is 9. The Morgan fingerprint density at radius 1 is 1.18 bits per heavy atom. The van der Waals surface area contributed by atoms with E-state index in [2.05, 4.69) is 30.2 Å². The van der Waals surface area contributed by atoms with Gasteiger partial charge in [-0.15, -0.1) is 13.2 Å². The first-order chi connectivity index (χ1) is 18.1. The number of aromatic nitrogens is 2. The average Bonchev–Trinajstić information content (AvgIpc) is 3.37. The lowest BCUT2D eigenvalue weighted by atomic mass is 9.85.